The van der Waals surface area contributed by atoms with E-state index in [0.29, 0.717) is 10.6 Å². The predicted octanol–water partition coefficient (Wildman–Crippen LogP) is 2.52. The van der Waals surface area contributed by atoms with Crippen LogP contribution in [-0.4, -0.2) is 9.49 Å². The minimum absolute atomic E-state index is 0.0347. The Bertz CT molecular complexity index is 620. The minimum atomic E-state index is -0.483. The topological polar surface area (TPSA) is 65.1 Å². The van der Waals surface area contributed by atoms with Crippen molar-refractivity contribution in [3.8, 4) is 0 Å². The van der Waals surface area contributed by atoms with Gasteiger partial charge >= 0.3 is 4.87 Å². The molecule has 5 nitrogen and oxygen atoms in total. The van der Waals surface area contributed by atoms with E-state index in [1.165, 1.54) is 22.8 Å². The number of aromatic nitrogens is 1. The van der Waals surface area contributed by atoms with E-state index >= 15 is 0 Å². The van der Waals surface area contributed by atoms with Crippen LogP contribution in [0, 0.1) is 10.1 Å². The van der Waals surface area contributed by atoms with E-state index in [2.05, 4.69) is 0 Å². The van der Waals surface area contributed by atoms with Gasteiger partial charge in [-0.15, -0.1) is 0 Å². The molecule has 2 aromatic rings. The summed E-state index contributed by atoms with van der Waals surface area (Å²) in [6, 6.07) is 4.30. The molecule has 17 heavy (non-hydrogen) atoms. The summed E-state index contributed by atoms with van der Waals surface area (Å²) in [7, 11) is 0. The van der Waals surface area contributed by atoms with E-state index < -0.39 is 4.92 Å². The Labute approximate surface area is 105 Å². The molecule has 2 rings (SSSR count). The van der Waals surface area contributed by atoms with Gasteiger partial charge in [0, 0.05) is 22.7 Å². The fraction of sp³-hybridized carbons (Fsp3) is 0.100. The van der Waals surface area contributed by atoms with E-state index in [4.69, 9.17) is 11.6 Å². The highest BCUT2D eigenvalue weighted by Crippen LogP contribution is 2.23. The number of hydrogen-bond acceptors (Lipinski definition) is 4. The first kappa shape index (κ1) is 11.8. The summed E-state index contributed by atoms with van der Waals surface area (Å²) in [6.07, 6.45) is 1.59. The van der Waals surface area contributed by atoms with Crippen molar-refractivity contribution in [3.05, 3.63) is 60.1 Å². The van der Waals surface area contributed by atoms with Crippen LogP contribution in [0.15, 0.2) is 34.6 Å². The number of rotatable bonds is 3. The number of nitro benzene ring substituents is 1. The van der Waals surface area contributed by atoms with Crippen LogP contribution in [0.4, 0.5) is 5.69 Å². The van der Waals surface area contributed by atoms with Crippen molar-refractivity contribution in [1.82, 2.24) is 4.57 Å². The monoisotopic (exact) mass is 270 g/mol. The number of benzene rings is 1. The molecule has 1 aromatic carbocycles. The van der Waals surface area contributed by atoms with E-state index in [1.807, 2.05) is 0 Å². The van der Waals surface area contributed by atoms with Gasteiger partial charge in [0.25, 0.3) is 5.69 Å². The molecule has 0 bridgehead atoms. The van der Waals surface area contributed by atoms with Gasteiger partial charge in [-0.3, -0.25) is 14.9 Å². The average Bonchev–Trinajstić information content (AvgIpc) is 2.64. The smallest absolute Gasteiger partial charge is 0.301 e. The lowest BCUT2D eigenvalue weighted by molar-refractivity contribution is -0.385. The molecule has 0 unspecified atom stereocenters. The van der Waals surface area contributed by atoms with Crippen molar-refractivity contribution >= 4 is 28.6 Å². The minimum Gasteiger partial charge on any atom is -0.301 e. The first-order valence-corrected chi connectivity index (χ1v) is 5.90. The SMILES string of the molecule is O=c1sccn1Cc1cc(Cl)ccc1[N+](=O)[O-]. The highest BCUT2D eigenvalue weighted by atomic mass is 35.5. The van der Waals surface area contributed by atoms with Gasteiger partial charge in [0.05, 0.1) is 17.0 Å². The van der Waals surface area contributed by atoms with Crippen molar-refractivity contribution in [1.29, 1.82) is 0 Å². The quantitative estimate of drug-likeness (QED) is 0.636. The van der Waals surface area contributed by atoms with Crippen LogP contribution in [-0.2, 0) is 6.54 Å². The van der Waals surface area contributed by atoms with Crippen molar-refractivity contribution in [2.24, 2.45) is 0 Å². The summed E-state index contributed by atoms with van der Waals surface area (Å²) in [6.45, 7) is 0.152. The number of hydrogen-bond donors (Lipinski definition) is 0. The largest absolute Gasteiger partial charge is 0.307 e. The number of nitro groups is 1. The Morgan fingerprint density at radius 1 is 1.47 bits per heavy atom. The van der Waals surface area contributed by atoms with E-state index in [9.17, 15) is 14.9 Å². The van der Waals surface area contributed by atoms with Crippen LogP contribution in [0.3, 0.4) is 0 Å². The van der Waals surface area contributed by atoms with E-state index in [1.54, 1.807) is 11.6 Å². The normalized spacial score (nSPS) is 10.4. The van der Waals surface area contributed by atoms with Crippen LogP contribution in [0.25, 0.3) is 0 Å². The number of nitrogens with zero attached hydrogens (tertiary/aromatic N) is 2. The van der Waals surface area contributed by atoms with Crippen molar-refractivity contribution < 1.29 is 4.92 Å². The van der Waals surface area contributed by atoms with Gasteiger partial charge in [0.15, 0.2) is 0 Å². The number of halogens is 1. The first-order chi connectivity index (χ1) is 8.08. The summed E-state index contributed by atoms with van der Waals surface area (Å²) in [4.78, 5) is 21.6. The molecule has 0 spiro atoms. The molecule has 0 aliphatic carbocycles. The van der Waals surface area contributed by atoms with Crippen molar-refractivity contribution in [2.45, 2.75) is 6.54 Å². The molecule has 0 aliphatic rings. The lowest BCUT2D eigenvalue weighted by atomic mass is 10.2. The molecule has 7 heteroatoms. The molecule has 1 aromatic heterocycles. The van der Waals surface area contributed by atoms with Crippen LogP contribution in [0.1, 0.15) is 5.56 Å². The summed E-state index contributed by atoms with van der Waals surface area (Å²) in [5.74, 6) is 0. The molecule has 0 aliphatic heterocycles. The van der Waals surface area contributed by atoms with Gasteiger partial charge in [-0.2, -0.15) is 0 Å². The summed E-state index contributed by atoms with van der Waals surface area (Å²) >= 11 is 6.84. The highest BCUT2D eigenvalue weighted by Gasteiger charge is 2.14. The Morgan fingerprint density at radius 3 is 2.82 bits per heavy atom. The Hall–Kier alpha value is -1.66. The molecule has 0 radical (unpaired) electrons. The average molecular weight is 271 g/mol. The standard InChI is InChI=1S/C10H7ClN2O3S/c11-8-1-2-9(13(15)16)7(5-8)6-12-3-4-17-10(12)14/h1-5H,6H2. The zero-order chi connectivity index (χ0) is 12.4. The Morgan fingerprint density at radius 2 is 2.24 bits per heavy atom. The maximum atomic E-state index is 11.4. The van der Waals surface area contributed by atoms with Crippen LogP contribution >= 0.6 is 22.9 Å². The first-order valence-electron chi connectivity index (χ1n) is 4.64. The second-order valence-electron chi connectivity index (χ2n) is 3.33. The molecule has 0 N–H and O–H groups in total. The summed E-state index contributed by atoms with van der Waals surface area (Å²) in [5, 5.41) is 12.9. The maximum absolute atomic E-state index is 11.4. The molecule has 1 heterocycles. The van der Waals surface area contributed by atoms with Gasteiger partial charge in [0.2, 0.25) is 0 Å². The van der Waals surface area contributed by atoms with Gasteiger partial charge in [-0.05, 0) is 12.1 Å². The molecule has 0 amide bonds. The third-order valence-electron chi connectivity index (χ3n) is 2.22. The lowest BCUT2D eigenvalue weighted by Crippen LogP contribution is -2.13. The van der Waals surface area contributed by atoms with Gasteiger partial charge in [-0.1, -0.05) is 22.9 Å². The Kier molecular flexibility index (Phi) is 3.26. The second kappa shape index (κ2) is 4.68. The second-order valence-corrected chi connectivity index (χ2v) is 4.62. The third kappa shape index (κ3) is 2.54. The maximum Gasteiger partial charge on any atom is 0.307 e. The van der Waals surface area contributed by atoms with Gasteiger partial charge in [0.1, 0.15) is 0 Å². The molecule has 0 atom stereocenters. The number of thiazole rings is 1. The lowest BCUT2D eigenvalue weighted by Gasteiger charge is -2.03. The van der Waals surface area contributed by atoms with Crippen LogP contribution in [0.2, 0.25) is 5.02 Å². The molecule has 0 saturated carbocycles. The molecule has 0 fully saturated rings. The zero-order valence-electron chi connectivity index (χ0n) is 8.50. The molecular weight excluding hydrogens is 264 g/mol. The summed E-state index contributed by atoms with van der Waals surface area (Å²) in [5.41, 5.74) is 0.385. The third-order valence-corrected chi connectivity index (χ3v) is 3.15. The van der Waals surface area contributed by atoms with E-state index in [0.717, 1.165) is 11.3 Å². The van der Waals surface area contributed by atoms with Gasteiger partial charge < -0.3 is 4.57 Å². The van der Waals surface area contributed by atoms with Gasteiger partial charge in [-0.25, -0.2) is 0 Å². The molecular formula is C10H7ClN2O3S. The van der Waals surface area contributed by atoms with Crippen LogP contribution < -0.4 is 4.87 Å². The molecule has 88 valence electrons. The fourth-order valence-electron chi connectivity index (χ4n) is 1.45. The molecule has 0 saturated heterocycles. The van der Waals surface area contributed by atoms with Crippen molar-refractivity contribution in [3.63, 3.8) is 0 Å². The van der Waals surface area contributed by atoms with E-state index in [-0.39, 0.29) is 17.1 Å². The van der Waals surface area contributed by atoms with Crippen LogP contribution in [0.5, 0.6) is 0 Å². The fourth-order valence-corrected chi connectivity index (χ4v) is 2.23. The zero-order valence-corrected chi connectivity index (χ0v) is 10.1. The van der Waals surface area contributed by atoms with Crippen molar-refractivity contribution in [2.75, 3.05) is 0 Å². The summed E-state index contributed by atoms with van der Waals surface area (Å²) < 4.78 is 1.41. The predicted molar refractivity (Wildman–Crippen MR) is 65.8 cm³/mol. The highest BCUT2D eigenvalue weighted by molar-refractivity contribution is 7.07. The Balaban J connectivity index is 2.44.